The molecule has 1 saturated heterocycles. The topological polar surface area (TPSA) is 72.9 Å². The van der Waals surface area contributed by atoms with Crippen LogP contribution in [-0.4, -0.2) is 29.1 Å². The van der Waals surface area contributed by atoms with E-state index in [0.717, 1.165) is 22.7 Å². The number of imide groups is 1. The normalized spacial score (nSPS) is 14.5. The Bertz CT molecular complexity index is 1380. The number of benzene rings is 3. The Balaban J connectivity index is 1.52. The molecule has 3 aromatic rings. The lowest BCUT2D eigenvalue weighted by atomic mass is 10.1. The molecular formula is C25H16Cl2FNO5S. The van der Waals surface area contributed by atoms with Gasteiger partial charge in [0.1, 0.15) is 5.82 Å². The highest BCUT2D eigenvalue weighted by atomic mass is 35.5. The van der Waals surface area contributed by atoms with E-state index in [1.54, 1.807) is 24.3 Å². The number of esters is 1. The van der Waals surface area contributed by atoms with Gasteiger partial charge in [0.25, 0.3) is 11.1 Å². The van der Waals surface area contributed by atoms with Crippen molar-refractivity contribution in [3.63, 3.8) is 0 Å². The molecule has 1 heterocycles. The summed E-state index contributed by atoms with van der Waals surface area (Å²) >= 11 is 12.7. The van der Waals surface area contributed by atoms with Gasteiger partial charge in [-0.1, -0.05) is 47.5 Å². The van der Waals surface area contributed by atoms with Crippen molar-refractivity contribution in [3.05, 3.63) is 98.1 Å². The average Bonchev–Trinajstić information content (AvgIpc) is 3.09. The van der Waals surface area contributed by atoms with Gasteiger partial charge < -0.3 is 9.47 Å². The van der Waals surface area contributed by atoms with Crippen molar-refractivity contribution in [2.75, 3.05) is 7.11 Å². The smallest absolute Gasteiger partial charge is 0.346 e. The molecule has 0 N–H and O–H groups in total. The summed E-state index contributed by atoms with van der Waals surface area (Å²) in [6.07, 6.45) is 1.53. The summed E-state index contributed by atoms with van der Waals surface area (Å²) in [5.41, 5.74) is 0.979. The van der Waals surface area contributed by atoms with E-state index in [-0.39, 0.29) is 28.5 Å². The van der Waals surface area contributed by atoms with Crippen LogP contribution < -0.4 is 9.47 Å². The van der Waals surface area contributed by atoms with Crippen LogP contribution in [-0.2, 0) is 11.3 Å². The van der Waals surface area contributed by atoms with Crippen molar-refractivity contribution < 1.29 is 28.2 Å². The van der Waals surface area contributed by atoms with Gasteiger partial charge in [0.05, 0.1) is 34.2 Å². The van der Waals surface area contributed by atoms with Crippen molar-refractivity contribution >= 4 is 58.2 Å². The lowest BCUT2D eigenvalue weighted by Crippen LogP contribution is -2.27. The molecule has 1 aliphatic heterocycles. The van der Waals surface area contributed by atoms with Gasteiger partial charge in [-0.05, 0) is 65.4 Å². The first-order valence-corrected chi connectivity index (χ1v) is 11.7. The van der Waals surface area contributed by atoms with Gasteiger partial charge in [0, 0.05) is 0 Å². The van der Waals surface area contributed by atoms with Crippen molar-refractivity contribution in [2.24, 2.45) is 0 Å². The van der Waals surface area contributed by atoms with Crippen LogP contribution in [0.15, 0.2) is 65.6 Å². The van der Waals surface area contributed by atoms with Crippen molar-refractivity contribution in [2.45, 2.75) is 6.54 Å². The number of thioether (sulfide) groups is 1. The molecule has 10 heteroatoms. The summed E-state index contributed by atoms with van der Waals surface area (Å²) in [6, 6.07) is 14.9. The number of amides is 2. The Morgan fingerprint density at radius 2 is 1.80 bits per heavy atom. The van der Waals surface area contributed by atoms with E-state index in [2.05, 4.69) is 0 Å². The lowest BCUT2D eigenvalue weighted by Gasteiger charge is -2.13. The minimum absolute atomic E-state index is 0.0488. The number of carbonyl (C=O) groups is 3. The van der Waals surface area contributed by atoms with Gasteiger partial charge in [-0.3, -0.25) is 14.5 Å². The molecule has 35 heavy (non-hydrogen) atoms. The zero-order valence-corrected chi connectivity index (χ0v) is 20.4. The highest BCUT2D eigenvalue weighted by molar-refractivity contribution is 8.18. The van der Waals surface area contributed by atoms with Gasteiger partial charge in [0.2, 0.25) is 0 Å². The molecule has 0 saturated carbocycles. The molecule has 2 amide bonds. The van der Waals surface area contributed by atoms with Crippen molar-refractivity contribution in [1.29, 1.82) is 0 Å². The third-order valence-electron chi connectivity index (χ3n) is 4.98. The fraction of sp³-hybridized carbons (Fsp3) is 0.0800. The third-order valence-corrected chi connectivity index (χ3v) is 6.63. The van der Waals surface area contributed by atoms with Gasteiger partial charge in [-0.25, -0.2) is 9.18 Å². The number of carbonyl (C=O) groups excluding carboxylic acids is 3. The van der Waals surface area contributed by atoms with Crippen molar-refractivity contribution in [3.8, 4) is 11.5 Å². The van der Waals surface area contributed by atoms with E-state index in [0.29, 0.717) is 21.2 Å². The quantitative estimate of drug-likeness (QED) is 0.203. The standard InChI is InChI=1S/C25H16Cl2FNO5S/c1-33-21-11-14(7-9-20(21)34-24(31)16-4-2-3-5-19(16)28)12-22-23(30)29(25(32)35-22)13-15-6-8-17(26)18(27)10-15/h2-12H,13H2,1H3/b22-12-. The zero-order valence-electron chi connectivity index (χ0n) is 18.1. The Morgan fingerprint density at radius 3 is 2.51 bits per heavy atom. The van der Waals surface area contributed by atoms with Crippen LogP contribution in [0.4, 0.5) is 9.18 Å². The molecule has 0 radical (unpaired) electrons. The van der Waals surface area contributed by atoms with Crippen LogP contribution in [0, 0.1) is 5.82 Å². The number of rotatable bonds is 6. The summed E-state index contributed by atoms with van der Waals surface area (Å²) in [5, 5.41) is 0.283. The van der Waals surface area contributed by atoms with E-state index >= 15 is 0 Å². The molecule has 0 atom stereocenters. The van der Waals surface area contributed by atoms with Crippen LogP contribution in [0.25, 0.3) is 6.08 Å². The number of methoxy groups -OCH3 is 1. The molecule has 0 unspecified atom stereocenters. The first-order chi connectivity index (χ1) is 16.8. The predicted octanol–water partition coefficient (Wildman–Crippen LogP) is 6.60. The number of hydrogen-bond acceptors (Lipinski definition) is 6. The lowest BCUT2D eigenvalue weighted by molar-refractivity contribution is -0.123. The summed E-state index contributed by atoms with van der Waals surface area (Å²) in [5.74, 6) is -1.77. The van der Waals surface area contributed by atoms with Crippen molar-refractivity contribution in [1.82, 2.24) is 4.90 Å². The maximum atomic E-state index is 13.9. The van der Waals surface area contributed by atoms with E-state index in [1.165, 1.54) is 43.5 Å². The van der Waals surface area contributed by atoms with Crippen LogP contribution in [0.3, 0.4) is 0 Å². The summed E-state index contributed by atoms with van der Waals surface area (Å²) in [6.45, 7) is 0.0488. The summed E-state index contributed by atoms with van der Waals surface area (Å²) in [4.78, 5) is 39.0. The predicted molar refractivity (Wildman–Crippen MR) is 132 cm³/mol. The molecule has 3 aromatic carbocycles. The average molecular weight is 532 g/mol. The number of ether oxygens (including phenoxy) is 2. The summed E-state index contributed by atoms with van der Waals surface area (Å²) in [7, 11) is 1.38. The van der Waals surface area contributed by atoms with Gasteiger partial charge in [-0.15, -0.1) is 0 Å². The molecule has 178 valence electrons. The fourth-order valence-electron chi connectivity index (χ4n) is 3.25. The number of halogens is 3. The maximum absolute atomic E-state index is 13.9. The second-order valence-electron chi connectivity index (χ2n) is 7.30. The molecule has 0 aromatic heterocycles. The minimum Gasteiger partial charge on any atom is -0.493 e. The second-order valence-corrected chi connectivity index (χ2v) is 9.10. The Hall–Kier alpha value is -3.33. The van der Waals surface area contributed by atoms with Crippen LogP contribution in [0.2, 0.25) is 10.0 Å². The number of nitrogens with zero attached hydrogens (tertiary/aromatic N) is 1. The Morgan fingerprint density at radius 1 is 1.03 bits per heavy atom. The van der Waals surface area contributed by atoms with Crippen LogP contribution in [0.5, 0.6) is 11.5 Å². The minimum atomic E-state index is -0.877. The monoisotopic (exact) mass is 531 g/mol. The third kappa shape index (κ3) is 5.51. The van der Waals surface area contributed by atoms with Crippen LogP contribution in [0.1, 0.15) is 21.5 Å². The molecule has 4 rings (SSSR count). The van der Waals surface area contributed by atoms with E-state index in [9.17, 15) is 18.8 Å². The van der Waals surface area contributed by atoms with E-state index in [4.69, 9.17) is 32.7 Å². The molecule has 6 nitrogen and oxygen atoms in total. The largest absolute Gasteiger partial charge is 0.493 e. The molecule has 1 aliphatic rings. The zero-order chi connectivity index (χ0) is 25.1. The second kappa shape index (κ2) is 10.5. The van der Waals surface area contributed by atoms with E-state index in [1.807, 2.05) is 0 Å². The SMILES string of the molecule is COc1cc(/C=C2\SC(=O)N(Cc3ccc(Cl)c(Cl)c3)C2=O)ccc1OC(=O)c1ccccc1F. The van der Waals surface area contributed by atoms with Gasteiger partial charge >= 0.3 is 5.97 Å². The maximum Gasteiger partial charge on any atom is 0.346 e. The Labute approximate surface area is 214 Å². The van der Waals surface area contributed by atoms with E-state index < -0.39 is 22.9 Å². The highest BCUT2D eigenvalue weighted by Gasteiger charge is 2.35. The molecule has 0 spiro atoms. The van der Waals surface area contributed by atoms with Gasteiger partial charge in [0.15, 0.2) is 11.5 Å². The molecule has 0 aliphatic carbocycles. The molecular weight excluding hydrogens is 516 g/mol. The highest BCUT2D eigenvalue weighted by Crippen LogP contribution is 2.36. The Kier molecular flexibility index (Phi) is 7.45. The summed E-state index contributed by atoms with van der Waals surface area (Å²) < 4.78 is 24.5. The van der Waals surface area contributed by atoms with Crippen LogP contribution >= 0.6 is 35.0 Å². The van der Waals surface area contributed by atoms with Gasteiger partial charge in [-0.2, -0.15) is 0 Å². The fourth-order valence-corrected chi connectivity index (χ4v) is 4.41. The first-order valence-electron chi connectivity index (χ1n) is 10.1. The number of hydrogen-bond donors (Lipinski definition) is 0. The molecule has 1 fully saturated rings. The molecule has 0 bridgehead atoms. The first kappa shape index (κ1) is 24.8.